The average Bonchev–Trinajstić information content (AvgIpc) is 3.27. The molecule has 5 nitrogen and oxygen atoms in total. The fraction of sp³-hybridized carbons (Fsp3) is 0.227. The van der Waals surface area contributed by atoms with Crippen LogP contribution in [0, 0.1) is 13.8 Å². The molecule has 2 heterocycles. The number of carbonyl (C=O) groups is 1. The average molecular weight is 479 g/mol. The zero-order valence-corrected chi connectivity index (χ0v) is 18.6. The van der Waals surface area contributed by atoms with Crippen molar-refractivity contribution in [3.05, 3.63) is 64.0 Å². The molecule has 2 aromatic carbocycles. The van der Waals surface area contributed by atoms with Gasteiger partial charge in [0, 0.05) is 21.1 Å². The van der Waals surface area contributed by atoms with Crippen LogP contribution in [0.25, 0.3) is 21.7 Å². The first-order chi connectivity index (χ1) is 15.1. The first-order valence-corrected chi connectivity index (χ1v) is 11.3. The highest BCUT2D eigenvalue weighted by Gasteiger charge is 2.30. The van der Waals surface area contributed by atoms with E-state index in [1.165, 1.54) is 23.5 Å². The topological polar surface area (TPSA) is 76.2 Å². The predicted molar refractivity (Wildman–Crippen MR) is 117 cm³/mol. The van der Waals surface area contributed by atoms with Crippen molar-refractivity contribution < 1.29 is 27.5 Å². The number of benzene rings is 2. The van der Waals surface area contributed by atoms with Crippen molar-refractivity contribution in [2.24, 2.45) is 0 Å². The van der Waals surface area contributed by atoms with Gasteiger partial charge in [-0.05, 0) is 43.7 Å². The number of aliphatic carboxylic acids is 1. The van der Waals surface area contributed by atoms with Gasteiger partial charge in [-0.3, -0.25) is 4.79 Å². The molecule has 0 aliphatic heterocycles. The molecule has 0 fully saturated rings. The fourth-order valence-electron chi connectivity index (χ4n) is 3.10. The van der Waals surface area contributed by atoms with Crippen LogP contribution in [0.5, 0.6) is 0 Å². The Bertz CT molecular complexity index is 1290. The fourth-order valence-corrected chi connectivity index (χ4v) is 5.35. The molecule has 0 saturated heterocycles. The summed E-state index contributed by atoms with van der Waals surface area (Å²) in [6, 6.07) is 8.72. The number of alkyl halides is 3. The Hall–Kier alpha value is -2.85. The van der Waals surface area contributed by atoms with Crippen LogP contribution in [0.4, 0.5) is 13.2 Å². The molecular weight excluding hydrogens is 461 g/mol. The number of carboxylic acids is 1. The largest absolute Gasteiger partial charge is 0.481 e. The van der Waals surface area contributed by atoms with E-state index in [4.69, 9.17) is 9.52 Å². The van der Waals surface area contributed by atoms with Crippen molar-refractivity contribution >= 4 is 40.2 Å². The molecule has 0 aliphatic carbocycles. The Labute approximate surface area is 189 Å². The Balaban J connectivity index is 1.52. The number of carboxylic acid groups (broad SMARTS) is 1. The normalized spacial score (nSPS) is 11.9. The quantitative estimate of drug-likeness (QED) is 0.319. The minimum absolute atomic E-state index is 0.161. The summed E-state index contributed by atoms with van der Waals surface area (Å²) < 4.78 is 43.9. The van der Waals surface area contributed by atoms with Crippen LogP contribution in [0.3, 0.4) is 0 Å². The van der Waals surface area contributed by atoms with Crippen molar-refractivity contribution in [1.29, 1.82) is 0 Å². The molecule has 0 radical (unpaired) electrons. The summed E-state index contributed by atoms with van der Waals surface area (Å²) in [5.41, 5.74) is 2.92. The number of hydrogen-bond acceptors (Lipinski definition) is 6. The molecule has 32 heavy (non-hydrogen) atoms. The van der Waals surface area contributed by atoms with Gasteiger partial charge in [0.05, 0.1) is 11.3 Å². The van der Waals surface area contributed by atoms with Crippen LogP contribution in [-0.2, 0) is 23.1 Å². The number of nitrogens with zero attached hydrogens (tertiary/aromatic N) is 2. The van der Waals surface area contributed by atoms with E-state index in [1.54, 1.807) is 11.8 Å². The number of rotatable bonds is 6. The van der Waals surface area contributed by atoms with E-state index in [0.29, 0.717) is 27.4 Å². The number of thiazole rings is 1. The predicted octanol–water partition coefficient (Wildman–Crippen LogP) is 6.51. The highest BCUT2D eigenvalue weighted by Crippen LogP contribution is 2.36. The van der Waals surface area contributed by atoms with Crippen LogP contribution in [-0.4, -0.2) is 21.0 Å². The van der Waals surface area contributed by atoms with E-state index in [2.05, 4.69) is 9.97 Å². The molecule has 166 valence electrons. The van der Waals surface area contributed by atoms with E-state index >= 15 is 0 Å². The summed E-state index contributed by atoms with van der Waals surface area (Å²) in [4.78, 5) is 21.6. The standard InChI is InChI=1S/C22H17F3N2O3S2/c1-11-7-15-16(30-19(27-15)9-20(28)29)8-17(11)31-10-18-12(2)26-21(32-18)13-3-5-14(6-4-13)22(23,24)25/h3-8H,9-10H2,1-2H3,(H,28,29). The summed E-state index contributed by atoms with van der Waals surface area (Å²) in [5, 5.41) is 9.59. The highest BCUT2D eigenvalue weighted by molar-refractivity contribution is 7.98. The lowest BCUT2D eigenvalue weighted by molar-refractivity contribution is -0.138. The number of halogens is 3. The van der Waals surface area contributed by atoms with E-state index in [0.717, 1.165) is 33.2 Å². The Kier molecular flexibility index (Phi) is 6.00. The molecule has 2 aromatic heterocycles. The van der Waals surface area contributed by atoms with E-state index in [-0.39, 0.29) is 12.3 Å². The zero-order valence-electron chi connectivity index (χ0n) is 17.0. The first-order valence-electron chi connectivity index (χ1n) is 9.49. The number of thioether (sulfide) groups is 1. The molecule has 0 amide bonds. The van der Waals surface area contributed by atoms with Crippen molar-refractivity contribution in [2.75, 3.05) is 0 Å². The van der Waals surface area contributed by atoms with Crippen LogP contribution < -0.4 is 0 Å². The number of aromatic nitrogens is 2. The third-order valence-electron chi connectivity index (χ3n) is 4.74. The van der Waals surface area contributed by atoms with Gasteiger partial charge in [0.15, 0.2) is 5.58 Å². The monoisotopic (exact) mass is 478 g/mol. The van der Waals surface area contributed by atoms with Crippen molar-refractivity contribution in [2.45, 2.75) is 37.1 Å². The Morgan fingerprint density at radius 2 is 1.88 bits per heavy atom. The second kappa shape index (κ2) is 8.59. The summed E-state index contributed by atoms with van der Waals surface area (Å²) in [5.74, 6) is -0.215. The third kappa shape index (κ3) is 4.81. The van der Waals surface area contributed by atoms with E-state index < -0.39 is 17.7 Å². The lowest BCUT2D eigenvalue weighted by Crippen LogP contribution is -2.03. The molecule has 4 rings (SSSR count). The molecule has 4 aromatic rings. The van der Waals surface area contributed by atoms with E-state index in [9.17, 15) is 18.0 Å². The van der Waals surface area contributed by atoms with Gasteiger partial charge in [0.1, 0.15) is 16.9 Å². The summed E-state index contributed by atoms with van der Waals surface area (Å²) >= 11 is 3.04. The Morgan fingerprint density at radius 3 is 2.53 bits per heavy atom. The molecule has 0 atom stereocenters. The maximum atomic E-state index is 12.8. The lowest BCUT2D eigenvalue weighted by Gasteiger charge is -2.06. The lowest BCUT2D eigenvalue weighted by atomic mass is 10.1. The smallest absolute Gasteiger partial charge is 0.416 e. The number of fused-ring (bicyclic) bond motifs is 1. The van der Waals surface area contributed by atoms with Gasteiger partial charge in [-0.2, -0.15) is 13.2 Å². The van der Waals surface area contributed by atoms with Crippen molar-refractivity contribution in [3.8, 4) is 10.6 Å². The highest BCUT2D eigenvalue weighted by atomic mass is 32.2. The number of aryl methyl sites for hydroxylation is 2. The van der Waals surface area contributed by atoms with Gasteiger partial charge in [0.2, 0.25) is 5.89 Å². The van der Waals surface area contributed by atoms with Crippen molar-refractivity contribution in [1.82, 2.24) is 9.97 Å². The molecule has 0 saturated carbocycles. The van der Waals surface area contributed by atoms with Crippen LogP contribution >= 0.6 is 23.1 Å². The summed E-state index contributed by atoms with van der Waals surface area (Å²) in [6.45, 7) is 3.82. The molecule has 10 heteroatoms. The SMILES string of the molecule is Cc1cc2nc(CC(=O)O)oc2cc1SCc1sc(-c2ccc(C(F)(F)F)cc2)nc1C. The molecule has 0 bridgehead atoms. The molecule has 0 aliphatic rings. The van der Waals surface area contributed by atoms with E-state index in [1.807, 2.05) is 26.0 Å². The second-order valence-electron chi connectivity index (χ2n) is 7.15. The van der Waals surface area contributed by atoms with Crippen LogP contribution in [0.2, 0.25) is 0 Å². The summed E-state index contributed by atoms with van der Waals surface area (Å²) in [6.07, 6.45) is -4.64. The number of hydrogen-bond donors (Lipinski definition) is 1. The Morgan fingerprint density at radius 1 is 1.16 bits per heavy atom. The van der Waals surface area contributed by atoms with Gasteiger partial charge in [-0.25, -0.2) is 9.97 Å². The molecule has 0 unspecified atom stereocenters. The van der Waals surface area contributed by atoms with Crippen molar-refractivity contribution in [3.63, 3.8) is 0 Å². The molecule has 0 spiro atoms. The third-order valence-corrected chi connectivity index (χ3v) is 7.32. The molecule has 1 N–H and O–H groups in total. The minimum atomic E-state index is -4.37. The van der Waals surface area contributed by atoms with Gasteiger partial charge in [-0.1, -0.05) is 12.1 Å². The van der Waals surface area contributed by atoms with Gasteiger partial charge < -0.3 is 9.52 Å². The minimum Gasteiger partial charge on any atom is -0.481 e. The van der Waals surface area contributed by atoms with Gasteiger partial charge >= 0.3 is 12.1 Å². The first kappa shape index (κ1) is 22.3. The molecular formula is C22H17F3N2O3S2. The maximum absolute atomic E-state index is 12.8. The van der Waals surface area contributed by atoms with Gasteiger partial charge in [0.25, 0.3) is 0 Å². The number of oxazole rings is 1. The van der Waals surface area contributed by atoms with Crippen LogP contribution in [0.1, 0.15) is 27.6 Å². The maximum Gasteiger partial charge on any atom is 0.416 e. The van der Waals surface area contributed by atoms with Crippen LogP contribution in [0.15, 0.2) is 45.7 Å². The van der Waals surface area contributed by atoms with Gasteiger partial charge in [-0.15, -0.1) is 23.1 Å². The second-order valence-corrected chi connectivity index (χ2v) is 9.26. The zero-order chi connectivity index (χ0) is 23.0. The summed E-state index contributed by atoms with van der Waals surface area (Å²) in [7, 11) is 0.